The molecule has 3 atom stereocenters. The van der Waals surface area contributed by atoms with E-state index in [0.29, 0.717) is 19.0 Å². The van der Waals surface area contributed by atoms with Gasteiger partial charge in [0.15, 0.2) is 0 Å². The molecule has 0 saturated carbocycles. The average Bonchev–Trinajstić information content (AvgIpc) is 2.79. The van der Waals surface area contributed by atoms with Gasteiger partial charge < -0.3 is 20.1 Å². The lowest BCUT2D eigenvalue weighted by molar-refractivity contribution is -0.148. The SMILES string of the molecule is CC1OCCC1CNC(=O)N1CCCC(C)(C)C1C(=O)O. The Morgan fingerprint density at radius 2 is 2.14 bits per heavy atom. The smallest absolute Gasteiger partial charge is 0.327 e. The topological polar surface area (TPSA) is 78.9 Å². The summed E-state index contributed by atoms with van der Waals surface area (Å²) >= 11 is 0. The normalized spacial score (nSPS) is 32.0. The van der Waals surface area contributed by atoms with Crippen molar-refractivity contribution in [2.75, 3.05) is 19.7 Å². The summed E-state index contributed by atoms with van der Waals surface area (Å²) in [7, 11) is 0. The number of likely N-dealkylation sites (tertiary alicyclic amines) is 1. The van der Waals surface area contributed by atoms with Crippen LogP contribution in [0.1, 0.15) is 40.0 Å². The molecule has 21 heavy (non-hydrogen) atoms. The van der Waals surface area contributed by atoms with Crippen LogP contribution in [-0.2, 0) is 9.53 Å². The van der Waals surface area contributed by atoms with Crippen molar-refractivity contribution < 1.29 is 19.4 Å². The number of hydrogen-bond donors (Lipinski definition) is 2. The molecule has 2 fully saturated rings. The van der Waals surface area contributed by atoms with Crippen molar-refractivity contribution in [1.29, 1.82) is 0 Å². The number of carboxylic acid groups (broad SMARTS) is 1. The number of nitrogens with one attached hydrogen (secondary N) is 1. The Hall–Kier alpha value is -1.30. The van der Waals surface area contributed by atoms with Gasteiger partial charge in [-0.25, -0.2) is 9.59 Å². The van der Waals surface area contributed by atoms with Crippen LogP contribution in [-0.4, -0.2) is 53.8 Å². The first kappa shape index (κ1) is 16.1. The van der Waals surface area contributed by atoms with Crippen LogP contribution in [0.4, 0.5) is 4.79 Å². The largest absolute Gasteiger partial charge is 0.480 e. The number of carbonyl (C=O) groups is 2. The van der Waals surface area contributed by atoms with E-state index in [1.165, 1.54) is 4.90 Å². The first-order chi connectivity index (χ1) is 9.83. The zero-order valence-electron chi connectivity index (χ0n) is 13.1. The zero-order valence-corrected chi connectivity index (χ0v) is 13.1. The number of amides is 2. The lowest BCUT2D eigenvalue weighted by Gasteiger charge is -2.43. The summed E-state index contributed by atoms with van der Waals surface area (Å²) in [5, 5.41) is 12.4. The number of piperidine rings is 1. The monoisotopic (exact) mass is 298 g/mol. The Kier molecular flexibility index (Phi) is 4.76. The third-order valence-corrected chi connectivity index (χ3v) is 4.82. The molecule has 2 aliphatic rings. The fraction of sp³-hybridized carbons (Fsp3) is 0.867. The van der Waals surface area contributed by atoms with Gasteiger partial charge >= 0.3 is 12.0 Å². The van der Waals surface area contributed by atoms with E-state index in [9.17, 15) is 14.7 Å². The van der Waals surface area contributed by atoms with Crippen molar-refractivity contribution in [1.82, 2.24) is 10.2 Å². The van der Waals surface area contributed by atoms with Gasteiger partial charge in [0.2, 0.25) is 0 Å². The maximum Gasteiger partial charge on any atom is 0.327 e. The molecule has 2 rings (SSSR count). The molecule has 6 nitrogen and oxygen atoms in total. The minimum Gasteiger partial charge on any atom is -0.480 e. The number of aliphatic carboxylic acids is 1. The number of carboxylic acids is 1. The molecular weight excluding hydrogens is 272 g/mol. The van der Waals surface area contributed by atoms with E-state index in [4.69, 9.17) is 4.74 Å². The summed E-state index contributed by atoms with van der Waals surface area (Å²) in [6.45, 7) is 7.62. The Balaban J connectivity index is 1.97. The number of rotatable bonds is 3. The van der Waals surface area contributed by atoms with Crippen LogP contribution in [0.25, 0.3) is 0 Å². The molecule has 3 unspecified atom stereocenters. The molecule has 0 spiro atoms. The molecule has 0 aromatic rings. The van der Waals surface area contributed by atoms with Gasteiger partial charge in [-0.05, 0) is 31.6 Å². The Morgan fingerprint density at radius 1 is 1.43 bits per heavy atom. The van der Waals surface area contributed by atoms with Crippen LogP contribution in [0.3, 0.4) is 0 Å². The van der Waals surface area contributed by atoms with Gasteiger partial charge in [0, 0.05) is 25.6 Å². The van der Waals surface area contributed by atoms with E-state index in [-0.39, 0.29) is 12.1 Å². The number of urea groups is 1. The maximum absolute atomic E-state index is 12.4. The average molecular weight is 298 g/mol. The van der Waals surface area contributed by atoms with Gasteiger partial charge in [0.1, 0.15) is 6.04 Å². The molecule has 2 aliphatic heterocycles. The number of hydrogen-bond acceptors (Lipinski definition) is 3. The summed E-state index contributed by atoms with van der Waals surface area (Å²) in [6, 6.07) is -1.03. The van der Waals surface area contributed by atoms with Gasteiger partial charge in [-0.15, -0.1) is 0 Å². The van der Waals surface area contributed by atoms with Crippen LogP contribution in [0.15, 0.2) is 0 Å². The Morgan fingerprint density at radius 3 is 2.71 bits per heavy atom. The molecule has 0 aromatic carbocycles. The van der Waals surface area contributed by atoms with Crippen LogP contribution < -0.4 is 5.32 Å². The lowest BCUT2D eigenvalue weighted by Crippen LogP contribution is -2.59. The fourth-order valence-electron chi connectivity index (χ4n) is 3.44. The third-order valence-electron chi connectivity index (χ3n) is 4.82. The van der Waals surface area contributed by atoms with Crippen LogP contribution in [0.5, 0.6) is 0 Å². The first-order valence-corrected chi connectivity index (χ1v) is 7.72. The Bertz CT molecular complexity index is 410. The van der Waals surface area contributed by atoms with E-state index in [2.05, 4.69) is 5.32 Å². The highest BCUT2D eigenvalue weighted by Crippen LogP contribution is 2.35. The van der Waals surface area contributed by atoms with E-state index >= 15 is 0 Å². The summed E-state index contributed by atoms with van der Waals surface area (Å²) in [5.41, 5.74) is -0.398. The molecule has 0 radical (unpaired) electrons. The Labute approximate surface area is 125 Å². The number of carbonyl (C=O) groups excluding carboxylic acids is 1. The summed E-state index contributed by atoms with van der Waals surface area (Å²) in [5.74, 6) is -0.609. The molecule has 0 aliphatic carbocycles. The predicted octanol–water partition coefficient (Wildman–Crippen LogP) is 1.70. The van der Waals surface area contributed by atoms with Crippen LogP contribution in [0, 0.1) is 11.3 Å². The highest BCUT2D eigenvalue weighted by atomic mass is 16.5. The molecule has 0 bridgehead atoms. The van der Waals surface area contributed by atoms with Crippen LogP contribution >= 0.6 is 0 Å². The highest BCUT2D eigenvalue weighted by molar-refractivity contribution is 5.83. The van der Waals surface area contributed by atoms with Gasteiger partial charge in [-0.3, -0.25) is 0 Å². The number of ether oxygens (including phenoxy) is 1. The second-order valence-electron chi connectivity index (χ2n) is 6.84. The molecule has 2 N–H and O–H groups in total. The molecule has 6 heteroatoms. The van der Waals surface area contributed by atoms with Crippen molar-refractivity contribution >= 4 is 12.0 Å². The third kappa shape index (κ3) is 3.48. The molecule has 0 aromatic heterocycles. The van der Waals surface area contributed by atoms with Crippen molar-refractivity contribution in [2.24, 2.45) is 11.3 Å². The van der Waals surface area contributed by atoms with Crippen molar-refractivity contribution in [3.05, 3.63) is 0 Å². The summed E-state index contributed by atoms with van der Waals surface area (Å²) in [6.07, 6.45) is 2.75. The molecule has 2 saturated heterocycles. The van der Waals surface area contributed by atoms with Crippen molar-refractivity contribution in [3.8, 4) is 0 Å². The second-order valence-corrected chi connectivity index (χ2v) is 6.84. The molecular formula is C15H26N2O4. The molecule has 120 valence electrons. The molecule has 2 heterocycles. The minimum absolute atomic E-state index is 0.151. The van der Waals surface area contributed by atoms with E-state index < -0.39 is 17.4 Å². The van der Waals surface area contributed by atoms with Gasteiger partial charge in [-0.2, -0.15) is 0 Å². The van der Waals surface area contributed by atoms with Crippen LogP contribution in [0.2, 0.25) is 0 Å². The first-order valence-electron chi connectivity index (χ1n) is 7.72. The van der Waals surface area contributed by atoms with E-state index in [1.807, 2.05) is 20.8 Å². The zero-order chi connectivity index (χ0) is 15.6. The quantitative estimate of drug-likeness (QED) is 0.831. The highest BCUT2D eigenvalue weighted by Gasteiger charge is 2.44. The minimum atomic E-state index is -0.924. The summed E-state index contributed by atoms with van der Waals surface area (Å²) < 4.78 is 5.48. The van der Waals surface area contributed by atoms with Crippen molar-refractivity contribution in [2.45, 2.75) is 52.2 Å². The van der Waals surface area contributed by atoms with E-state index in [0.717, 1.165) is 25.9 Å². The van der Waals surface area contributed by atoms with Gasteiger partial charge in [0.25, 0.3) is 0 Å². The standard InChI is InChI=1S/C15H26N2O4/c1-10-11(5-8-21-10)9-16-14(20)17-7-4-6-15(2,3)12(17)13(18)19/h10-12H,4-9H2,1-3H3,(H,16,20)(H,18,19). The fourth-order valence-corrected chi connectivity index (χ4v) is 3.44. The maximum atomic E-state index is 12.4. The number of nitrogens with zero attached hydrogens (tertiary/aromatic N) is 1. The second kappa shape index (κ2) is 6.22. The summed E-state index contributed by atoms with van der Waals surface area (Å²) in [4.78, 5) is 25.4. The van der Waals surface area contributed by atoms with Gasteiger partial charge in [0.05, 0.1) is 6.10 Å². The van der Waals surface area contributed by atoms with Gasteiger partial charge in [-0.1, -0.05) is 13.8 Å². The van der Waals surface area contributed by atoms with Crippen molar-refractivity contribution in [3.63, 3.8) is 0 Å². The van der Waals surface area contributed by atoms with E-state index in [1.54, 1.807) is 0 Å². The predicted molar refractivity (Wildman–Crippen MR) is 78.1 cm³/mol. The lowest BCUT2D eigenvalue weighted by atomic mass is 9.76. The molecule has 2 amide bonds.